The van der Waals surface area contributed by atoms with Gasteiger partial charge in [0.05, 0.1) is 5.41 Å². The topological polar surface area (TPSA) is 6.48 Å². The van der Waals surface area contributed by atoms with Crippen LogP contribution in [-0.2, 0) is 5.41 Å². The lowest BCUT2D eigenvalue weighted by Gasteiger charge is -2.35. The van der Waals surface area contributed by atoms with Crippen LogP contribution < -0.4 is 9.80 Å². The molecule has 2 nitrogen and oxygen atoms in total. The smallest absolute Gasteiger partial charge is 0.0714 e. The highest BCUT2D eigenvalue weighted by molar-refractivity contribution is 9.10. The lowest BCUT2D eigenvalue weighted by molar-refractivity contribution is 0.767. The summed E-state index contributed by atoms with van der Waals surface area (Å²) in [6, 6.07) is 67.2. The fourth-order valence-electron chi connectivity index (χ4n) is 8.45. The second-order valence-corrected chi connectivity index (χ2v) is 17.1. The van der Waals surface area contributed by atoms with E-state index in [0.29, 0.717) is 0 Å². The van der Waals surface area contributed by atoms with Gasteiger partial charge in [-0.2, -0.15) is 0 Å². The molecule has 0 atom stereocenters. The summed E-state index contributed by atoms with van der Waals surface area (Å²) in [7, 11) is 0. The Kier molecular flexibility index (Phi) is 9.72. The van der Waals surface area contributed by atoms with Gasteiger partial charge in [0.2, 0.25) is 0 Å². The van der Waals surface area contributed by atoms with Gasteiger partial charge >= 0.3 is 0 Å². The summed E-state index contributed by atoms with van der Waals surface area (Å²) < 4.78 is 2.11. The van der Waals surface area contributed by atoms with Crippen LogP contribution in [-0.4, -0.2) is 0 Å². The fourth-order valence-corrected chi connectivity index (χ4v) is 9.17. The van der Waals surface area contributed by atoms with Gasteiger partial charge < -0.3 is 9.80 Å². The van der Waals surface area contributed by atoms with Crippen molar-refractivity contribution in [2.75, 3.05) is 9.80 Å². The molecule has 8 aromatic carbocycles. The largest absolute Gasteiger partial charge is 0.311 e. The van der Waals surface area contributed by atoms with E-state index < -0.39 is 5.41 Å². The van der Waals surface area contributed by atoms with Crippen molar-refractivity contribution in [3.63, 3.8) is 0 Å². The van der Waals surface area contributed by atoms with Gasteiger partial charge in [0.15, 0.2) is 0 Å². The summed E-state index contributed by atoms with van der Waals surface area (Å²) in [5, 5.41) is 0. The number of aryl methyl sites for hydroxylation is 4. The van der Waals surface area contributed by atoms with Crippen LogP contribution in [0.2, 0.25) is 0 Å². The first-order valence-corrected chi connectivity index (χ1v) is 21.0. The Bertz CT molecular complexity index is 2420. The van der Waals surface area contributed by atoms with Gasteiger partial charge in [-0.25, -0.2) is 0 Å². The molecule has 0 unspecified atom stereocenters. The summed E-state index contributed by atoms with van der Waals surface area (Å²) in [6.07, 6.45) is 0. The monoisotopic (exact) mass is 864 g/mol. The van der Waals surface area contributed by atoms with Gasteiger partial charge in [-0.3, -0.25) is 0 Å². The molecule has 0 radical (unpaired) electrons. The van der Waals surface area contributed by atoms with Crippen LogP contribution in [0.5, 0.6) is 0 Å². The normalized spacial score (nSPS) is 12.5. The fraction of sp³-hybridized carbons (Fsp3) is 0.0943. The van der Waals surface area contributed by atoms with Crippen LogP contribution in [0, 0.1) is 27.7 Å². The number of benzene rings is 8. The van der Waals surface area contributed by atoms with E-state index in [4.69, 9.17) is 0 Å². The molecule has 0 spiro atoms. The maximum atomic E-state index is 3.88. The summed E-state index contributed by atoms with van der Waals surface area (Å²) in [4.78, 5) is 4.69. The van der Waals surface area contributed by atoms with E-state index in [1.807, 2.05) is 0 Å². The van der Waals surface area contributed by atoms with E-state index >= 15 is 0 Å². The Labute approximate surface area is 353 Å². The summed E-state index contributed by atoms with van der Waals surface area (Å²) in [5.74, 6) is 0. The van der Waals surface area contributed by atoms with E-state index in [1.165, 1.54) is 55.6 Å². The van der Waals surface area contributed by atoms with Gasteiger partial charge in [-0.15, -0.1) is 0 Å². The highest BCUT2D eigenvalue weighted by Gasteiger charge is 2.46. The van der Waals surface area contributed by atoms with Gasteiger partial charge in [0.25, 0.3) is 0 Å². The number of nitrogens with zero attached hydrogens (tertiary/aromatic N) is 2. The first kappa shape index (κ1) is 36.9. The summed E-state index contributed by atoms with van der Waals surface area (Å²) >= 11 is 7.77. The maximum absolute atomic E-state index is 3.88. The van der Waals surface area contributed by atoms with E-state index in [0.717, 1.165) is 43.1 Å². The van der Waals surface area contributed by atoms with E-state index in [-0.39, 0.29) is 0 Å². The van der Waals surface area contributed by atoms with Crippen molar-refractivity contribution < 1.29 is 0 Å². The van der Waals surface area contributed by atoms with Crippen molar-refractivity contribution in [2.24, 2.45) is 0 Å². The number of hydrogen-bond acceptors (Lipinski definition) is 2. The molecule has 1 aliphatic rings. The van der Waals surface area contributed by atoms with Gasteiger partial charge in [0, 0.05) is 43.1 Å². The molecule has 0 aliphatic heterocycles. The van der Waals surface area contributed by atoms with Gasteiger partial charge in [0.1, 0.15) is 0 Å². The number of fused-ring (bicyclic) bond motifs is 3. The zero-order valence-corrected chi connectivity index (χ0v) is 35.6. The van der Waals surface area contributed by atoms with E-state index in [9.17, 15) is 0 Å². The molecule has 0 saturated carbocycles. The third-order valence-corrected chi connectivity index (χ3v) is 12.3. The van der Waals surface area contributed by atoms with Crippen LogP contribution in [0.15, 0.2) is 191 Å². The highest BCUT2D eigenvalue weighted by atomic mass is 79.9. The highest BCUT2D eigenvalue weighted by Crippen LogP contribution is 2.57. The lowest BCUT2D eigenvalue weighted by Crippen LogP contribution is -2.29. The Balaban J connectivity index is 1.24. The first-order valence-electron chi connectivity index (χ1n) is 19.4. The number of rotatable bonds is 8. The van der Waals surface area contributed by atoms with Crippen LogP contribution in [0.25, 0.3) is 11.1 Å². The quantitative estimate of drug-likeness (QED) is 0.150. The molecule has 0 saturated heterocycles. The molecular formula is C53H42Br2N2. The third kappa shape index (κ3) is 6.71. The van der Waals surface area contributed by atoms with Crippen molar-refractivity contribution in [3.05, 3.63) is 235 Å². The average Bonchev–Trinajstić information content (AvgIpc) is 3.50. The molecule has 0 fully saturated rings. The molecule has 9 rings (SSSR count). The number of halogens is 2. The molecule has 1 aliphatic carbocycles. The molecule has 0 aromatic heterocycles. The Morgan fingerprint density at radius 3 is 0.825 bits per heavy atom. The summed E-state index contributed by atoms with van der Waals surface area (Å²) in [6.45, 7) is 8.54. The molecule has 278 valence electrons. The SMILES string of the molecule is Cc1ccc(N(c2ccc(C)cc2)c2ccc(C3(c4ccc(N(c5ccc(C)cc5)c5ccc(C)cc5)cc4)c4cc(Br)ccc4-c4ccc(Br)cc43)cc2)cc1. The molecule has 0 N–H and O–H groups in total. The molecule has 4 heteroatoms. The minimum absolute atomic E-state index is 0.591. The second kappa shape index (κ2) is 15.0. The average molecular weight is 867 g/mol. The standard InChI is InChI=1S/C53H42Br2N2/c1-35-5-19-43(20-6-35)56(44-21-7-36(2)8-22-44)47-27-13-39(14-28-47)53(51-33-41(54)17-31-49(51)50-32-18-42(55)34-52(50)53)40-15-29-48(30-16-40)57(45-23-9-37(3)10-24-45)46-25-11-38(4)12-26-46/h5-34H,1-4H3. The first-order chi connectivity index (χ1) is 27.7. The van der Waals surface area contributed by atoms with Gasteiger partial charge in [-0.05, 0) is 158 Å². The lowest BCUT2D eigenvalue weighted by atomic mass is 9.67. The molecule has 0 heterocycles. The van der Waals surface area contributed by atoms with Crippen LogP contribution in [0.4, 0.5) is 34.1 Å². The zero-order valence-electron chi connectivity index (χ0n) is 32.5. The number of anilines is 6. The molecular weight excluding hydrogens is 824 g/mol. The maximum Gasteiger partial charge on any atom is 0.0714 e. The predicted octanol–water partition coefficient (Wildman–Crippen LogP) is 15.7. The van der Waals surface area contributed by atoms with Crippen LogP contribution in [0.1, 0.15) is 44.5 Å². The Hall–Kier alpha value is -5.68. The summed E-state index contributed by atoms with van der Waals surface area (Å²) in [5.41, 5.74) is 18.5. The minimum Gasteiger partial charge on any atom is -0.311 e. The van der Waals surface area contributed by atoms with Crippen molar-refractivity contribution in [3.8, 4) is 11.1 Å². The van der Waals surface area contributed by atoms with E-state index in [1.54, 1.807) is 0 Å². The van der Waals surface area contributed by atoms with Crippen molar-refractivity contribution in [1.29, 1.82) is 0 Å². The Morgan fingerprint density at radius 1 is 0.316 bits per heavy atom. The molecule has 8 aromatic rings. The number of hydrogen-bond donors (Lipinski definition) is 0. The van der Waals surface area contributed by atoms with Crippen molar-refractivity contribution in [1.82, 2.24) is 0 Å². The zero-order chi connectivity index (χ0) is 39.3. The van der Waals surface area contributed by atoms with Crippen LogP contribution in [0.3, 0.4) is 0 Å². The molecule has 0 bridgehead atoms. The second-order valence-electron chi connectivity index (χ2n) is 15.2. The van der Waals surface area contributed by atoms with E-state index in [2.05, 4.69) is 251 Å². The van der Waals surface area contributed by atoms with Crippen molar-refractivity contribution >= 4 is 66.0 Å². The van der Waals surface area contributed by atoms with Crippen molar-refractivity contribution in [2.45, 2.75) is 33.1 Å². The minimum atomic E-state index is -0.591. The van der Waals surface area contributed by atoms with Gasteiger partial charge in [-0.1, -0.05) is 139 Å². The van der Waals surface area contributed by atoms with Crippen LogP contribution >= 0.6 is 31.9 Å². The molecule has 0 amide bonds. The molecule has 57 heavy (non-hydrogen) atoms. The third-order valence-electron chi connectivity index (χ3n) is 11.3. The Morgan fingerprint density at radius 2 is 0.561 bits per heavy atom. The predicted molar refractivity (Wildman–Crippen MR) is 247 cm³/mol.